The average molecular weight is 1100 g/mol. The first kappa shape index (κ1) is 56.6. The van der Waals surface area contributed by atoms with Crippen molar-refractivity contribution in [1.82, 2.24) is 72.7 Å². The van der Waals surface area contributed by atoms with Gasteiger partial charge in [0.25, 0.3) is 0 Å². The van der Waals surface area contributed by atoms with Crippen LogP contribution in [-0.4, -0.2) is 142 Å². The minimum atomic E-state index is 0.177. The zero-order chi connectivity index (χ0) is 57.2. The lowest BCUT2D eigenvalue weighted by atomic mass is 9.98. The van der Waals surface area contributed by atoms with Gasteiger partial charge in [-0.05, 0) is 136 Å². The molecule has 1 amide bonds. The standard InChI is InChI=1S/C14H19N3.C13H15N3O.3C13H17N3/c1-11(2)16-9-5-8-14-15-12-6-3-4-7-13(12)17(14)10-16;1-9(2)15-7-12-14-10-5-3-4-6-11(10)16(12)8-13(15)17;1-9(2)16-7-10(8-16)13-14-11-5-3-4-6-12(11)15-13;1-10(2)15-7-8-16-12-6-4-3-5-11(12)14-13(16)9-15;1-10(2)15-8-7-13-14-11-5-3-4-6-12(11)16(13)9-15/h3-4,6-7,11H,5,8-10H2,1-2H3;3-6,9H,7-8H2,1-2H3;3-6,9-10H,7-8H2,1-2H3,(H,14,15);2*3-6,10H,7-9H2,1-2H3. The van der Waals surface area contributed by atoms with Crippen molar-refractivity contribution in [1.29, 1.82) is 0 Å². The highest BCUT2D eigenvalue weighted by atomic mass is 16.2. The summed E-state index contributed by atoms with van der Waals surface area (Å²) in [5, 5.41) is 0. The maximum Gasteiger partial charge on any atom is 0.243 e. The van der Waals surface area contributed by atoms with Gasteiger partial charge in [-0.25, -0.2) is 24.9 Å². The predicted molar refractivity (Wildman–Crippen MR) is 331 cm³/mol. The largest absolute Gasteiger partial charge is 0.342 e. The minimum absolute atomic E-state index is 0.177. The number of aromatic amines is 1. The van der Waals surface area contributed by atoms with Crippen LogP contribution in [0.3, 0.4) is 0 Å². The first-order valence-corrected chi connectivity index (χ1v) is 30.1. The van der Waals surface area contributed by atoms with E-state index in [4.69, 9.17) is 9.97 Å². The minimum Gasteiger partial charge on any atom is -0.342 e. The highest BCUT2D eigenvalue weighted by Gasteiger charge is 2.32. The molecule has 5 aromatic heterocycles. The Morgan fingerprint density at radius 2 is 0.854 bits per heavy atom. The van der Waals surface area contributed by atoms with Crippen LogP contribution < -0.4 is 0 Å². The molecule has 0 unspecified atom stereocenters. The summed E-state index contributed by atoms with van der Waals surface area (Å²) in [5.41, 5.74) is 11.5. The number of benzene rings is 5. The fraction of sp³-hybridized carbons (Fsp3) is 0.455. The maximum absolute atomic E-state index is 12.0. The molecule has 0 spiro atoms. The van der Waals surface area contributed by atoms with Crippen LogP contribution in [0.25, 0.3) is 55.2 Å². The van der Waals surface area contributed by atoms with E-state index in [0.717, 1.165) is 116 Å². The number of aryl methyl sites for hydroxylation is 1. The number of amides is 1. The Labute approximate surface area is 483 Å². The van der Waals surface area contributed by atoms with E-state index in [1.807, 2.05) is 59.7 Å². The molecule has 10 heterocycles. The lowest BCUT2D eigenvalue weighted by molar-refractivity contribution is -0.135. The molecule has 0 atom stereocenters. The number of H-pyrrole nitrogens is 1. The zero-order valence-electron chi connectivity index (χ0n) is 50.1. The molecule has 10 aromatic rings. The van der Waals surface area contributed by atoms with E-state index in [1.54, 1.807) is 0 Å². The number of imidazole rings is 5. The molecule has 5 aliphatic heterocycles. The van der Waals surface area contributed by atoms with Gasteiger partial charge in [0.2, 0.25) is 5.91 Å². The Balaban J connectivity index is 0.000000108. The number of para-hydroxylation sites is 10. The van der Waals surface area contributed by atoms with E-state index < -0.39 is 0 Å². The molecule has 1 N–H and O–H groups in total. The van der Waals surface area contributed by atoms with Crippen molar-refractivity contribution in [3.63, 3.8) is 0 Å². The van der Waals surface area contributed by atoms with Gasteiger partial charge in [-0.15, -0.1) is 0 Å². The highest BCUT2D eigenvalue weighted by Crippen LogP contribution is 2.29. The molecule has 82 heavy (non-hydrogen) atoms. The summed E-state index contributed by atoms with van der Waals surface area (Å²) in [6.45, 7) is 32.8. The smallest absolute Gasteiger partial charge is 0.243 e. The van der Waals surface area contributed by atoms with Crippen LogP contribution in [0, 0.1) is 0 Å². The molecule has 0 radical (unpaired) electrons. The van der Waals surface area contributed by atoms with Crippen molar-refractivity contribution in [2.45, 2.75) is 164 Å². The van der Waals surface area contributed by atoms with Gasteiger partial charge < -0.3 is 28.2 Å². The van der Waals surface area contributed by atoms with Crippen LogP contribution >= 0.6 is 0 Å². The van der Waals surface area contributed by atoms with Gasteiger partial charge >= 0.3 is 0 Å². The van der Waals surface area contributed by atoms with Gasteiger partial charge in [0.15, 0.2) is 0 Å². The summed E-state index contributed by atoms with van der Waals surface area (Å²) in [7, 11) is 0. The molecular formula is C66H85N15O. The summed E-state index contributed by atoms with van der Waals surface area (Å²) in [4.78, 5) is 50.6. The number of fused-ring (bicyclic) bond motifs is 13. The molecule has 5 aliphatic rings. The molecule has 16 heteroatoms. The van der Waals surface area contributed by atoms with Gasteiger partial charge in [0.1, 0.15) is 35.7 Å². The van der Waals surface area contributed by atoms with E-state index in [9.17, 15) is 4.79 Å². The van der Waals surface area contributed by atoms with Gasteiger partial charge in [-0.2, -0.15) is 0 Å². The van der Waals surface area contributed by atoms with Crippen molar-refractivity contribution < 1.29 is 4.79 Å². The fourth-order valence-electron chi connectivity index (χ4n) is 12.0. The number of carbonyl (C=O) groups is 1. The molecular weight excluding hydrogens is 1020 g/mol. The van der Waals surface area contributed by atoms with Gasteiger partial charge in [-0.3, -0.25) is 24.4 Å². The van der Waals surface area contributed by atoms with Gasteiger partial charge in [0, 0.05) is 88.2 Å². The average Bonchev–Trinajstić information content (AvgIpc) is 4.28. The molecule has 1 fully saturated rings. The SMILES string of the molecule is CC(C)N1CC(c2nc3ccccc3[nH]2)C1.CC(C)N1CCCc2nc3ccccc3n2C1.CC(C)N1CCc2nc3ccccc3n2C1.CC(C)N1CCn2c(nc3ccccc32)C1.CC(C)N1Cc2nc3ccccc3n2CC1=O. The van der Waals surface area contributed by atoms with Crippen LogP contribution in [0.15, 0.2) is 121 Å². The van der Waals surface area contributed by atoms with Crippen LogP contribution in [0.5, 0.6) is 0 Å². The summed E-state index contributed by atoms with van der Waals surface area (Å²) in [5.74, 6) is 6.59. The number of rotatable bonds is 6. The monoisotopic (exact) mass is 1100 g/mol. The van der Waals surface area contributed by atoms with Crippen molar-refractivity contribution in [3.05, 3.63) is 150 Å². The number of hydrogen-bond donors (Lipinski definition) is 1. The Bertz CT molecular complexity index is 3730. The van der Waals surface area contributed by atoms with E-state index in [1.165, 1.54) is 47.0 Å². The predicted octanol–water partition coefficient (Wildman–Crippen LogP) is 11.3. The van der Waals surface area contributed by atoms with Crippen LogP contribution in [0.1, 0.15) is 111 Å². The third kappa shape index (κ3) is 12.1. The topological polar surface area (TPSA) is 133 Å². The number of nitrogens with zero attached hydrogens (tertiary/aromatic N) is 14. The first-order chi connectivity index (χ1) is 39.7. The highest BCUT2D eigenvalue weighted by molar-refractivity contribution is 5.83. The lowest BCUT2D eigenvalue weighted by Crippen LogP contribution is -2.48. The van der Waals surface area contributed by atoms with Gasteiger partial charge in [0.05, 0.1) is 81.6 Å². The molecule has 15 rings (SSSR count). The number of hydrogen-bond acceptors (Lipinski definition) is 10. The molecule has 1 saturated heterocycles. The Morgan fingerprint density at radius 3 is 1.38 bits per heavy atom. The Hall–Kier alpha value is -7.24. The van der Waals surface area contributed by atoms with Crippen LogP contribution in [0.2, 0.25) is 0 Å². The van der Waals surface area contributed by atoms with Crippen molar-refractivity contribution in [2.75, 3.05) is 32.7 Å². The number of nitrogens with one attached hydrogen (secondary N) is 1. The lowest BCUT2D eigenvalue weighted by Gasteiger charge is -2.41. The van der Waals surface area contributed by atoms with E-state index in [0.29, 0.717) is 43.2 Å². The molecule has 16 nitrogen and oxygen atoms in total. The second-order valence-corrected chi connectivity index (χ2v) is 24.2. The second kappa shape index (κ2) is 24.7. The Morgan fingerprint density at radius 1 is 0.402 bits per heavy atom. The molecule has 0 bridgehead atoms. The quantitative estimate of drug-likeness (QED) is 0.172. The summed E-state index contributed by atoms with van der Waals surface area (Å²) in [6.07, 6.45) is 3.37. The van der Waals surface area contributed by atoms with Crippen molar-refractivity contribution in [2.24, 2.45) is 0 Å². The van der Waals surface area contributed by atoms with E-state index in [2.05, 4.69) is 194 Å². The third-order valence-corrected chi connectivity index (χ3v) is 17.2. The van der Waals surface area contributed by atoms with Crippen molar-refractivity contribution >= 4 is 61.1 Å². The van der Waals surface area contributed by atoms with E-state index >= 15 is 0 Å². The fourth-order valence-corrected chi connectivity index (χ4v) is 12.0. The number of carbonyl (C=O) groups excluding carboxylic acids is 1. The van der Waals surface area contributed by atoms with Crippen LogP contribution in [-0.2, 0) is 57.2 Å². The van der Waals surface area contributed by atoms with Crippen LogP contribution in [0.4, 0.5) is 0 Å². The number of aromatic nitrogens is 10. The zero-order valence-corrected chi connectivity index (χ0v) is 50.1. The first-order valence-electron chi connectivity index (χ1n) is 30.1. The summed E-state index contributed by atoms with van der Waals surface area (Å²) < 4.78 is 9.10. The molecule has 0 saturated carbocycles. The van der Waals surface area contributed by atoms with Gasteiger partial charge in [-0.1, -0.05) is 60.7 Å². The molecule has 5 aromatic carbocycles. The van der Waals surface area contributed by atoms with E-state index in [-0.39, 0.29) is 11.9 Å². The Kier molecular flexibility index (Phi) is 17.0. The third-order valence-electron chi connectivity index (χ3n) is 17.2. The van der Waals surface area contributed by atoms with Crippen molar-refractivity contribution in [3.8, 4) is 0 Å². The second-order valence-electron chi connectivity index (χ2n) is 24.2. The number of likely N-dealkylation sites (tertiary alicyclic amines) is 1. The summed E-state index contributed by atoms with van der Waals surface area (Å²) >= 11 is 0. The molecule has 0 aliphatic carbocycles. The molecule has 430 valence electrons. The maximum atomic E-state index is 12.0. The normalized spacial score (nSPS) is 17.0. The summed E-state index contributed by atoms with van der Waals surface area (Å²) in [6, 6.07) is 44.2.